The van der Waals surface area contributed by atoms with Crippen molar-refractivity contribution in [2.45, 2.75) is 32.6 Å². The van der Waals surface area contributed by atoms with Gasteiger partial charge in [-0.25, -0.2) is 12.7 Å². The fraction of sp³-hybridized carbons (Fsp3) is 1.00. The molecule has 1 saturated heterocycles. The molecule has 1 rings (SSSR count). The van der Waals surface area contributed by atoms with Crippen molar-refractivity contribution >= 4 is 10.0 Å². The summed E-state index contributed by atoms with van der Waals surface area (Å²) in [6, 6.07) is 0. The fourth-order valence-electron chi connectivity index (χ4n) is 1.99. The standard InChI is InChI=1S/C10H21NO3S/c1-2-10-5-3-6-11(9-10)15(13,14)8-4-7-12/h10,12H,2-9H2,1H3. The SMILES string of the molecule is CCC1CCCN(S(=O)(=O)CCCO)C1. The summed E-state index contributed by atoms with van der Waals surface area (Å²) >= 11 is 0. The Morgan fingerprint density at radius 1 is 1.47 bits per heavy atom. The topological polar surface area (TPSA) is 57.6 Å². The minimum absolute atomic E-state index is 0.0513. The van der Waals surface area contributed by atoms with Gasteiger partial charge in [-0.1, -0.05) is 13.3 Å². The van der Waals surface area contributed by atoms with Crippen LogP contribution in [0.5, 0.6) is 0 Å². The van der Waals surface area contributed by atoms with Gasteiger partial charge in [0.25, 0.3) is 0 Å². The van der Waals surface area contributed by atoms with Gasteiger partial charge in [-0.2, -0.15) is 0 Å². The lowest BCUT2D eigenvalue weighted by Gasteiger charge is -2.31. The summed E-state index contributed by atoms with van der Waals surface area (Å²) in [6.45, 7) is 3.38. The monoisotopic (exact) mass is 235 g/mol. The zero-order chi connectivity index (χ0) is 11.3. The van der Waals surface area contributed by atoms with Gasteiger partial charge in [-0.05, 0) is 25.2 Å². The minimum atomic E-state index is -3.12. The highest BCUT2D eigenvalue weighted by atomic mass is 32.2. The van der Waals surface area contributed by atoms with Crippen LogP contribution in [-0.4, -0.2) is 43.3 Å². The van der Waals surface area contributed by atoms with Crippen molar-refractivity contribution in [1.29, 1.82) is 0 Å². The van der Waals surface area contributed by atoms with Crippen molar-refractivity contribution in [3.8, 4) is 0 Å². The molecule has 0 radical (unpaired) electrons. The molecular weight excluding hydrogens is 214 g/mol. The van der Waals surface area contributed by atoms with Crippen LogP contribution < -0.4 is 0 Å². The van der Waals surface area contributed by atoms with Gasteiger partial charge in [0.2, 0.25) is 10.0 Å². The first-order valence-corrected chi connectivity index (χ1v) is 7.29. The summed E-state index contributed by atoms with van der Waals surface area (Å²) in [7, 11) is -3.12. The highest BCUT2D eigenvalue weighted by Crippen LogP contribution is 2.21. The lowest BCUT2D eigenvalue weighted by molar-refractivity contribution is 0.258. The second kappa shape index (κ2) is 5.82. The smallest absolute Gasteiger partial charge is 0.214 e. The molecule has 0 aromatic rings. The van der Waals surface area contributed by atoms with E-state index >= 15 is 0 Å². The summed E-state index contributed by atoms with van der Waals surface area (Å²) in [4.78, 5) is 0. The predicted molar refractivity (Wildman–Crippen MR) is 60.1 cm³/mol. The van der Waals surface area contributed by atoms with Crippen LogP contribution in [0.4, 0.5) is 0 Å². The molecule has 90 valence electrons. The van der Waals surface area contributed by atoms with Gasteiger partial charge in [-0.15, -0.1) is 0 Å². The third-order valence-electron chi connectivity index (χ3n) is 3.01. The lowest BCUT2D eigenvalue weighted by atomic mass is 9.97. The third kappa shape index (κ3) is 3.74. The number of sulfonamides is 1. The summed E-state index contributed by atoms with van der Waals surface area (Å²) in [5, 5.41) is 8.64. The van der Waals surface area contributed by atoms with E-state index in [-0.39, 0.29) is 12.4 Å². The van der Waals surface area contributed by atoms with Crippen molar-refractivity contribution in [3.63, 3.8) is 0 Å². The molecule has 1 atom stereocenters. The maximum absolute atomic E-state index is 11.8. The van der Waals surface area contributed by atoms with E-state index < -0.39 is 10.0 Å². The van der Waals surface area contributed by atoms with Crippen molar-refractivity contribution < 1.29 is 13.5 Å². The molecule has 5 heteroatoms. The number of rotatable bonds is 5. The Bertz CT molecular complexity index is 276. The molecule has 1 aliphatic heterocycles. The molecule has 4 nitrogen and oxygen atoms in total. The maximum Gasteiger partial charge on any atom is 0.214 e. The van der Waals surface area contributed by atoms with Gasteiger partial charge in [0, 0.05) is 19.7 Å². The predicted octanol–water partition coefficient (Wildman–Crippen LogP) is 0.821. The first-order chi connectivity index (χ1) is 7.10. The molecule has 0 saturated carbocycles. The Morgan fingerprint density at radius 2 is 2.20 bits per heavy atom. The van der Waals surface area contributed by atoms with Gasteiger partial charge >= 0.3 is 0 Å². The molecule has 0 aromatic heterocycles. The molecule has 1 unspecified atom stereocenters. The van der Waals surface area contributed by atoms with Crippen molar-refractivity contribution in [2.75, 3.05) is 25.4 Å². The van der Waals surface area contributed by atoms with Gasteiger partial charge in [0.15, 0.2) is 0 Å². The van der Waals surface area contributed by atoms with Crippen LogP contribution in [0.3, 0.4) is 0 Å². The molecular formula is C10H21NO3S. The molecule has 0 spiro atoms. The van der Waals surface area contributed by atoms with E-state index in [1.54, 1.807) is 4.31 Å². The van der Waals surface area contributed by atoms with Crippen LogP contribution in [0.15, 0.2) is 0 Å². The first-order valence-electron chi connectivity index (χ1n) is 5.69. The molecule has 15 heavy (non-hydrogen) atoms. The number of hydrogen-bond acceptors (Lipinski definition) is 3. The Labute approximate surface area is 92.3 Å². The highest BCUT2D eigenvalue weighted by Gasteiger charge is 2.27. The van der Waals surface area contributed by atoms with E-state index in [1.165, 1.54) is 0 Å². The van der Waals surface area contributed by atoms with Crippen LogP contribution >= 0.6 is 0 Å². The summed E-state index contributed by atoms with van der Waals surface area (Å²) in [6.07, 6.45) is 3.50. The fourth-order valence-corrected chi connectivity index (χ4v) is 3.59. The Morgan fingerprint density at radius 3 is 2.80 bits per heavy atom. The third-order valence-corrected chi connectivity index (χ3v) is 4.94. The zero-order valence-electron chi connectivity index (χ0n) is 9.35. The van der Waals surface area contributed by atoms with E-state index in [2.05, 4.69) is 6.92 Å². The average Bonchev–Trinajstić information content (AvgIpc) is 2.26. The first kappa shape index (κ1) is 12.9. The Balaban J connectivity index is 2.54. The molecule has 1 aliphatic rings. The van der Waals surface area contributed by atoms with E-state index in [1.807, 2.05) is 0 Å². The summed E-state index contributed by atoms with van der Waals surface area (Å²) in [5.74, 6) is 0.600. The van der Waals surface area contributed by atoms with Crippen molar-refractivity contribution in [3.05, 3.63) is 0 Å². The molecule has 1 N–H and O–H groups in total. The van der Waals surface area contributed by atoms with Crippen LogP contribution in [0, 0.1) is 5.92 Å². The number of aliphatic hydroxyl groups excluding tert-OH is 1. The Kier molecular flexibility index (Phi) is 5.02. The van der Waals surface area contributed by atoms with E-state index in [0.717, 1.165) is 19.3 Å². The van der Waals surface area contributed by atoms with E-state index in [9.17, 15) is 8.42 Å². The normalized spacial score (nSPS) is 24.3. The molecule has 1 fully saturated rings. The minimum Gasteiger partial charge on any atom is -0.396 e. The van der Waals surface area contributed by atoms with Crippen LogP contribution in [0.1, 0.15) is 32.6 Å². The van der Waals surface area contributed by atoms with Crippen LogP contribution in [0.25, 0.3) is 0 Å². The molecule has 1 heterocycles. The van der Waals surface area contributed by atoms with E-state index in [4.69, 9.17) is 5.11 Å². The highest BCUT2D eigenvalue weighted by molar-refractivity contribution is 7.89. The summed E-state index contributed by atoms with van der Waals surface area (Å²) in [5.41, 5.74) is 0. The van der Waals surface area contributed by atoms with Crippen molar-refractivity contribution in [1.82, 2.24) is 4.31 Å². The maximum atomic E-state index is 11.8. The lowest BCUT2D eigenvalue weighted by Crippen LogP contribution is -2.41. The Hall–Kier alpha value is -0.130. The number of hydrogen-bond donors (Lipinski definition) is 1. The molecule has 0 amide bonds. The molecule has 0 aromatic carbocycles. The number of piperidine rings is 1. The molecule has 0 aliphatic carbocycles. The van der Waals surface area contributed by atoms with E-state index in [0.29, 0.717) is 25.4 Å². The zero-order valence-corrected chi connectivity index (χ0v) is 10.2. The van der Waals surface area contributed by atoms with Gasteiger partial charge in [0.1, 0.15) is 0 Å². The quantitative estimate of drug-likeness (QED) is 0.767. The average molecular weight is 235 g/mol. The second-order valence-electron chi connectivity index (χ2n) is 4.17. The van der Waals surface area contributed by atoms with Crippen molar-refractivity contribution in [2.24, 2.45) is 5.92 Å². The molecule has 0 bridgehead atoms. The van der Waals surface area contributed by atoms with Gasteiger partial charge < -0.3 is 5.11 Å². The number of nitrogens with zero attached hydrogens (tertiary/aromatic N) is 1. The van der Waals surface area contributed by atoms with Gasteiger partial charge in [-0.3, -0.25) is 0 Å². The van der Waals surface area contributed by atoms with Crippen LogP contribution in [0.2, 0.25) is 0 Å². The van der Waals surface area contributed by atoms with Gasteiger partial charge in [0.05, 0.1) is 5.75 Å². The largest absolute Gasteiger partial charge is 0.396 e. The summed E-state index contributed by atoms with van der Waals surface area (Å²) < 4.78 is 25.2. The number of aliphatic hydroxyl groups is 1. The second-order valence-corrected chi connectivity index (χ2v) is 6.26. The van der Waals surface area contributed by atoms with Crippen LogP contribution in [-0.2, 0) is 10.0 Å².